The quantitative estimate of drug-likeness (QED) is 0.777. The van der Waals surface area contributed by atoms with Crippen molar-refractivity contribution in [1.29, 1.82) is 0 Å². The molecule has 0 aromatic carbocycles. The highest BCUT2D eigenvalue weighted by molar-refractivity contribution is 5.76. The van der Waals surface area contributed by atoms with Crippen molar-refractivity contribution >= 4 is 11.7 Å². The maximum atomic E-state index is 12.6. The number of hydrogen-bond acceptors (Lipinski definition) is 6. The van der Waals surface area contributed by atoms with Gasteiger partial charge in [-0.2, -0.15) is 0 Å². The summed E-state index contributed by atoms with van der Waals surface area (Å²) in [5, 5.41) is 0. The summed E-state index contributed by atoms with van der Waals surface area (Å²) < 4.78 is 5.18. The molecule has 0 aliphatic carbocycles. The van der Waals surface area contributed by atoms with Crippen LogP contribution in [-0.2, 0) is 16.0 Å². The second-order valence-electron chi connectivity index (χ2n) is 7.81. The molecule has 0 N–H and O–H groups in total. The van der Waals surface area contributed by atoms with Crippen molar-refractivity contribution in [1.82, 2.24) is 19.8 Å². The average molecular weight is 376 g/mol. The van der Waals surface area contributed by atoms with Gasteiger partial charge < -0.3 is 14.5 Å². The highest BCUT2D eigenvalue weighted by Crippen LogP contribution is 2.34. The van der Waals surface area contributed by atoms with Crippen LogP contribution in [0.5, 0.6) is 0 Å². The molecule has 1 aromatic heterocycles. The zero-order valence-corrected chi connectivity index (χ0v) is 17.2. The number of likely N-dealkylation sites (tertiary alicyclic amines) is 1. The van der Waals surface area contributed by atoms with E-state index in [4.69, 9.17) is 9.72 Å². The number of ether oxygens (including phenoxy) is 1. The zero-order valence-electron chi connectivity index (χ0n) is 17.2. The monoisotopic (exact) mass is 375 g/mol. The standard InChI is InChI=1S/C20H33N5O2/c1-5-17-14-21-16(2)22-19(17)25-11-10-23(3)20(15-25)7-6-18(26)24(9-8-20)12-13-27-4/h14H,5-13,15H2,1-4H3/t20-/m1/s1. The van der Waals surface area contributed by atoms with Crippen LogP contribution in [-0.4, -0.2) is 84.7 Å². The van der Waals surface area contributed by atoms with E-state index in [2.05, 4.69) is 28.8 Å². The normalized spacial score (nSPS) is 24.5. The van der Waals surface area contributed by atoms with Gasteiger partial charge in [0.05, 0.1) is 6.61 Å². The topological polar surface area (TPSA) is 61.8 Å². The summed E-state index contributed by atoms with van der Waals surface area (Å²) in [5.41, 5.74) is 1.21. The van der Waals surface area contributed by atoms with E-state index < -0.39 is 0 Å². The van der Waals surface area contributed by atoms with Crippen molar-refractivity contribution in [2.45, 2.75) is 45.1 Å². The van der Waals surface area contributed by atoms with E-state index in [9.17, 15) is 4.79 Å². The van der Waals surface area contributed by atoms with Gasteiger partial charge in [-0.3, -0.25) is 9.69 Å². The van der Waals surface area contributed by atoms with Gasteiger partial charge in [-0.15, -0.1) is 0 Å². The molecule has 3 rings (SSSR count). The molecule has 0 radical (unpaired) electrons. The summed E-state index contributed by atoms with van der Waals surface area (Å²) in [5.74, 6) is 2.14. The molecule has 0 saturated carbocycles. The van der Waals surface area contributed by atoms with Crippen LogP contribution in [0, 0.1) is 6.92 Å². The lowest BCUT2D eigenvalue weighted by atomic mass is 9.86. The number of likely N-dealkylation sites (N-methyl/N-ethyl adjacent to an activating group) is 1. The number of aromatic nitrogens is 2. The third-order valence-corrected chi connectivity index (χ3v) is 6.21. The predicted octanol–water partition coefficient (Wildman–Crippen LogP) is 1.50. The Morgan fingerprint density at radius 2 is 2.07 bits per heavy atom. The van der Waals surface area contributed by atoms with Gasteiger partial charge in [-0.25, -0.2) is 9.97 Å². The number of amides is 1. The van der Waals surface area contributed by atoms with Gasteiger partial charge in [0.2, 0.25) is 5.91 Å². The summed E-state index contributed by atoms with van der Waals surface area (Å²) in [6, 6.07) is 0. The van der Waals surface area contributed by atoms with Crippen molar-refractivity contribution < 1.29 is 9.53 Å². The van der Waals surface area contributed by atoms with E-state index >= 15 is 0 Å². The van der Waals surface area contributed by atoms with Crippen molar-refractivity contribution in [2.75, 3.05) is 58.4 Å². The third-order valence-electron chi connectivity index (χ3n) is 6.21. The second kappa shape index (κ2) is 8.52. The van der Waals surface area contributed by atoms with Gasteiger partial charge in [0.25, 0.3) is 0 Å². The van der Waals surface area contributed by atoms with E-state index in [1.165, 1.54) is 5.56 Å². The smallest absolute Gasteiger partial charge is 0.222 e. The fourth-order valence-corrected chi connectivity index (χ4v) is 4.32. The Labute approximate surface area is 162 Å². The summed E-state index contributed by atoms with van der Waals surface area (Å²) in [4.78, 5) is 28.6. The molecule has 1 amide bonds. The Kier molecular flexibility index (Phi) is 6.32. The summed E-state index contributed by atoms with van der Waals surface area (Å²) >= 11 is 0. The highest BCUT2D eigenvalue weighted by atomic mass is 16.5. The Morgan fingerprint density at radius 3 is 2.81 bits per heavy atom. The summed E-state index contributed by atoms with van der Waals surface area (Å²) in [6.07, 6.45) is 5.38. The van der Waals surface area contributed by atoms with Crippen molar-refractivity contribution in [3.63, 3.8) is 0 Å². The molecule has 2 aliphatic heterocycles. The minimum absolute atomic E-state index is 0.0135. The molecule has 7 nitrogen and oxygen atoms in total. The Bertz CT molecular complexity index is 668. The van der Waals surface area contributed by atoms with E-state index in [0.29, 0.717) is 19.6 Å². The van der Waals surface area contributed by atoms with Gasteiger partial charge >= 0.3 is 0 Å². The minimum atomic E-state index is 0.0135. The van der Waals surface area contributed by atoms with E-state index in [1.54, 1.807) is 7.11 Å². The number of rotatable bonds is 5. The molecule has 1 spiro atoms. The van der Waals surface area contributed by atoms with Crippen LogP contribution in [0.3, 0.4) is 0 Å². The molecule has 27 heavy (non-hydrogen) atoms. The molecule has 0 bridgehead atoms. The number of carbonyl (C=O) groups is 1. The molecule has 2 aliphatic rings. The number of methoxy groups -OCH3 is 1. The number of anilines is 1. The van der Waals surface area contributed by atoms with Gasteiger partial charge in [0, 0.05) is 63.6 Å². The zero-order chi connectivity index (χ0) is 19.4. The highest BCUT2D eigenvalue weighted by Gasteiger charge is 2.42. The van der Waals surface area contributed by atoms with Crippen LogP contribution in [0.4, 0.5) is 5.82 Å². The average Bonchev–Trinajstić information content (AvgIpc) is 2.82. The predicted molar refractivity (Wildman–Crippen MR) is 106 cm³/mol. The molecular weight excluding hydrogens is 342 g/mol. The molecule has 2 saturated heterocycles. The lowest BCUT2D eigenvalue weighted by molar-refractivity contribution is -0.131. The largest absolute Gasteiger partial charge is 0.383 e. The SMILES string of the molecule is CCc1cnc(C)nc1N1CCN(C)[C@@]2(CCC(=O)N(CCOC)CC2)C1. The first-order valence-electron chi connectivity index (χ1n) is 10.0. The molecule has 1 atom stereocenters. The van der Waals surface area contributed by atoms with Gasteiger partial charge in [0.1, 0.15) is 11.6 Å². The lowest BCUT2D eigenvalue weighted by Gasteiger charge is -2.50. The first-order valence-corrected chi connectivity index (χ1v) is 10.0. The Hall–Kier alpha value is -1.73. The van der Waals surface area contributed by atoms with Crippen LogP contribution >= 0.6 is 0 Å². The van der Waals surface area contributed by atoms with Crippen molar-refractivity contribution in [3.05, 3.63) is 17.6 Å². The van der Waals surface area contributed by atoms with E-state index in [-0.39, 0.29) is 11.4 Å². The molecule has 2 fully saturated rings. The van der Waals surface area contributed by atoms with Gasteiger partial charge in [-0.1, -0.05) is 6.92 Å². The third kappa shape index (κ3) is 4.24. The first kappa shape index (κ1) is 20.0. The maximum absolute atomic E-state index is 12.6. The molecule has 150 valence electrons. The molecule has 3 heterocycles. The van der Waals surface area contributed by atoms with Crippen molar-refractivity contribution in [3.8, 4) is 0 Å². The van der Waals surface area contributed by atoms with Crippen LogP contribution in [0.2, 0.25) is 0 Å². The Balaban J connectivity index is 1.81. The lowest BCUT2D eigenvalue weighted by Crippen LogP contribution is -2.61. The van der Waals surface area contributed by atoms with Gasteiger partial charge in [0.15, 0.2) is 0 Å². The Morgan fingerprint density at radius 1 is 1.26 bits per heavy atom. The summed E-state index contributed by atoms with van der Waals surface area (Å²) in [7, 11) is 3.89. The van der Waals surface area contributed by atoms with Gasteiger partial charge in [-0.05, 0) is 33.2 Å². The van der Waals surface area contributed by atoms with Crippen LogP contribution in [0.25, 0.3) is 0 Å². The molecule has 0 unspecified atom stereocenters. The first-order chi connectivity index (χ1) is 13.0. The maximum Gasteiger partial charge on any atom is 0.222 e. The number of aryl methyl sites for hydroxylation is 2. The van der Waals surface area contributed by atoms with Crippen molar-refractivity contribution in [2.24, 2.45) is 0 Å². The second-order valence-corrected chi connectivity index (χ2v) is 7.81. The van der Waals surface area contributed by atoms with E-state index in [1.807, 2.05) is 18.0 Å². The van der Waals surface area contributed by atoms with Crippen LogP contribution in [0.1, 0.15) is 37.6 Å². The number of hydrogen-bond donors (Lipinski definition) is 0. The fraction of sp³-hybridized carbons (Fsp3) is 0.750. The molecule has 7 heteroatoms. The minimum Gasteiger partial charge on any atom is -0.383 e. The summed E-state index contributed by atoms with van der Waals surface area (Å²) in [6.45, 7) is 9.04. The van der Waals surface area contributed by atoms with Crippen LogP contribution in [0.15, 0.2) is 6.20 Å². The van der Waals surface area contributed by atoms with Crippen LogP contribution < -0.4 is 4.90 Å². The molecular formula is C20H33N5O2. The number of nitrogens with zero attached hydrogens (tertiary/aromatic N) is 5. The van der Waals surface area contributed by atoms with E-state index in [0.717, 1.165) is 57.1 Å². The number of piperazine rings is 1. The molecule has 1 aromatic rings. The number of carbonyl (C=O) groups excluding carboxylic acids is 1. The fourth-order valence-electron chi connectivity index (χ4n) is 4.32.